The van der Waals surface area contributed by atoms with Crippen molar-refractivity contribution in [1.29, 1.82) is 0 Å². The second kappa shape index (κ2) is 6.75. The molecule has 1 aromatic carbocycles. The number of amides is 1. The predicted molar refractivity (Wildman–Crippen MR) is 79.3 cm³/mol. The summed E-state index contributed by atoms with van der Waals surface area (Å²) in [7, 11) is 0. The van der Waals surface area contributed by atoms with Gasteiger partial charge in [0, 0.05) is 6.54 Å². The van der Waals surface area contributed by atoms with Crippen LogP contribution in [-0.4, -0.2) is 23.6 Å². The topological polar surface area (TPSA) is 75.4 Å². The SMILES string of the molecule is CC1CCC(CNC(=O)C(N)Cc2ccc(O)cc2)C1. The molecule has 1 fully saturated rings. The number of phenolic OH excluding ortho intramolecular Hbond substituents is 1. The smallest absolute Gasteiger partial charge is 0.237 e. The summed E-state index contributed by atoms with van der Waals surface area (Å²) in [5, 5.41) is 12.2. The molecule has 20 heavy (non-hydrogen) atoms. The molecular weight excluding hydrogens is 252 g/mol. The Morgan fingerprint density at radius 2 is 2.10 bits per heavy atom. The highest BCUT2D eigenvalue weighted by Gasteiger charge is 2.22. The van der Waals surface area contributed by atoms with Crippen molar-refractivity contribution in [3.63, 3.8) is 0 Å². The van der Waals surface area contributed by atoms with Crippen LogP contribution in [0.2, 0.25) is 0 Å². The highest BCUT2D eigenvalue weighted by Crippen LogP contribution is 2.29. The highest BCUT2D eigenvalue weighted by molar-refractivity contribution is 5.81. The molecule has 110 valence electrons. The van der Waals surface area contributed by atoms with E-state index in [9.17, 15) is 9.90 Å². The third kappa shape index (κ3) is 4.23. The minimum Gasteiger partial charge on any atom is -0.508 e. The zero-order valence-corrected chi connectivity index (χ0v) is 12.0. The summed E-state index contributed by atoms with van der Waals surface area (Å²) < 4.78 is 0. The van der Waals surface area contributed by atoms with Gasteiger partial charge in [-0.2, -0.15) is 0 Å². The van der Waals surface area contributed by atoms with E-state index in [0.29, 0.717) is 12.3 Å². The van der Waals surface area contributed by atoms with Crippen LogP contribution in [0, 0.1) is 11.8 Å². The lowest BCUT2D eigenvalue weighted by molar-refractivity contribution is -0.122. The quantitative estimate of drug-likeness (QED) is 0.768. The Kier molecular flexibility index (Phi) is 5.01. The Bertz CT molecular complexity index is 444. The van der Waals surface area contributed by atoms with E-state index in [4.69, 9.17) is 5.73 Å². The Labute approximate surface area is 120 Å². The van der Waals surface area contributed by atoms with Crippen LogP contribution in [-0.2, 0) is 11.2 Å². The van der Waals surface area contributed by atoms with Crippen LogP contribution < -0.4 is 11.1 Å². The van der Waals surface area contributed by atoms with Gasteiger partial charge in [-0.25, -0.2) is 0 Å². The Morgan fingerprint density at radius 1 is 1.40 bits per heavy atom. The molecule has 0 spiro atoms. The van der Waals surface area contributed by atoms with Gasteiger partial charge in [-0.3, -0.25) is 4.79 Å². The maximum Gasteiger partial charge on any atom is 0.237 e. The van der Waals surface area contributed by atoms with Crippen LogP contribution in [0.15, 0.2) is 24.3 Å². The number of aromatic hydroxyl groups is 1. The Balaban J connectivity index is 1.75. The number of hydrogen-bond donors (Lipinski definition) is 3. The first kappa shape index (κ1) is 14.9. The molecule has 0 bridgehead atoms. The van der Waals surface area contributed by atoms with E-state index in [1.165, 1.54) is 19.3 Å². The van der Waals surface area contributed by atoms with Crippen molar-refractivity contribution in [1.82, 2.24) is 5.32 Å². The number of hydrogen-bond acceptors (Lipinski definition) is 3. The van der Waals surface area contributed by atoms with E-state index in [2.05, 4.69) is 12.2 Å². The molecule has 0 aliphatic heterocycles. The molecule has 1 aliphatic carbocycles. The minimum atomic E-state index is -0.529. The fourth-order valence-corrected chi connectivity index (χ4v) is 2.87. The number of carbonyl (C=O) groups is 1. The van der Waals surface area contributed by atoms with Crippen molar-refractivity contribution in [2.45, 2.75) is 38.6 Å². The van der Waals surface area contributed by atoms with E-state index in [-0.39, 0.29) is 11.7 Å². The van der Waals surface area contributed by atoms with Gasteiger partial charge >= 0.3 is 0 Å². The molecule has 1 aromatic rings. The summed E-state index contributed by atoms with van der Waals surface area (Å²) >= 11 is 0. The van der Waals surface area contributed by atoms with Crippen molar-refractivity contribution in [2.75, 3.05) is 6.54 Å². The van der Waals surface area contributed by atoms with Gasteiger partial charge < -0.3 is 16.2 Å². The van der Waals surface area contributed by atoms with Crippen LogP contribution in [0.1, 0.15) is 31.7 Å². The van der Waals surface area contributed by atoms with E-state index in [0.717, 1.165) is 18.0 Å². The van der Waals surface area contributed by atoms with Gasteiger partial charge in [0.2, 0.25) is 5.91 Å². The molecule has 4 nitrogen and oxygen atoms in total. The van der Waals surface area contributed by atoms with Gasteiger partial charge in [-0.1, -0.05) is 25.5 Å². The first-order chi connectivity index (χ1) is 9.54. The number of carbonyl (C=O) groups excluding carboxylic acids is 1. The normalized spacial score (nSPS) is 23.5. The molecule has 1 aliphatic rings. The maximum absolute atomic E-state index is 12.0. The Morgan fingerprint density at radius 3 is 2.70 bits per heavy atom. The highest BCUT2D eigenvalue weighted by atomic mass is 16.3. The number of benzene rings is 1. The predicted octanol–water partition coefficient (Wildman–Crippen LogP) is 1.81. The second-order valence-corrected chi connectivity index (χ2v) is 6.01. The maximum atomic E-state index is 12.0. The summed E-state index contributed by atoms with van der Waals surface area (Å²) in [5.74, 6) is 1.53. The van der Waals surface area contributed by atoms with Gasteiger partial charge in [0.15, 0.2) is 0 Å². The third-order valence-corrected chi connectivity index (χ3v) is 4.10. The molecule has 0 heterocycles. The number of nitrogens with two attached hydrogens (primary N) is 1. The first-order valence-electron chi connectivity index (χ1n) is 7.36. The third-order valence-electron chi connectivity index (χ3n) is 4.10. The van der Waals surface area contributed by atoms with E-state index >= 15 is 0 Å². The molecule has 4 heteroatoms. The fraction of sp³-hybridized carbons (Fsp3) is 0.562. The number of phenols is 1. The standard InChI is InChI=1S/C16H24N2O2/c1-11-2-3-13(8-11)10-18-16(20)15(17)9-12-4-6-14(19)7-5-12/h4-7,11,13,15,19H,2-3,8-10,17H2,1H3,(H,18,20). The fourth-order valence-electron chi connectivity index (χ4n) is 2.87. The summed E-state index contributed by atoms with van der Waals surface area (Å²) in [4.78, 5) is 12.0. The molecule has 1 amide bonds. The van der Waals surface area contributed by atoms with E-state index < -0.39 is 6.04 Å². The average molecular weight is 276 g/mol. The molecule has 4 N–H and O–H groups in total. The molecule has 1 saturated carbocycles. The minimum absolute atomic E-state index is 0.0855. The van der Waals surface area contributed by atoms with Crippen LogP contribution in [0.4, 0.5) is 0 Å². The first-order valence-corrected chi connectivity index (χ1v) is 7.36. The van der Waals surface area contributed by atoms with Gasteiger partial charge in [-0.05, 0) is 48.8 Å². The second-order valence-electron chi connectivity index (χ2n) is 6.01. The largest absolute Gasteiger partial charge is 0.508 e. The van der Waals surface area contributed by atoms with Crippen molar-refractivity contribution in [2.24, 2.45) is 17.6 Å². The summed E-state index contributed by atoms with van der Waals surface area (Å²) in [5.41, 5.74) is 6.88. The molecular formula is C16H24N2O2. The van der Waals surface area contributed by atoms with Crippen LogP contribution >= 0.6 is 0 Å². The molecule has 0 aromatic heterocycles. The molecule has 2 rings (SSSR count). The van der Waals surface area contributed by atoms with Gasteiger partial charge in [0.05, 0.1) is 6.04 Å². The molecule has 0 saturated heterocycles. The molecule has 3 atom stereocenters. The van der Waals surface area contributed by atoms with Gasteiger partial charge in [0.1, 0.15) is 5.75 Å². The van der Waals surface area contributed by atoms with Crippen LogP contribution in [0.5, 0.6) is 5.75 Å². The molecule has 0 radical (unpaired) electrons. The van der Waals surface area contributed by atoms with Crippen molar-refractivity contribution in [3.05, 3.63) is 29.8 Å². The Hall–Kier alpha value is -1.55. The van der Waals surface area contributed by atoms with Gasteiger partial charge in [0.25, 0.3) is 0 Å². The summed E-state index contributed by atoms with van der Waals surface area (Å²) in [6.45, 7) is 3.00. The lowest BCUT2D eigenvalue weighted by atomic mass is 10.0. The zero-order chi connectivity index (χ0) is 14.5. The van der Waals surface area contributed by atoms with Crippen molar-refractivity contribution in [3.8, 4) is 5.75 Å². The number of rotatable bonds is 5. The molecule has 3 unspecified atom stereocenters. The average Bonchev–Trinajstić information content (AvgIpc) is 2.84. The zero-order valence-electron chi connectivity index (χ0n) is 12.0. The van der Waals surface area contributed by atoms with Crippen LogP contribution in [0.3, 0.4) is 0 Å². The van der Waals surface area contributed by atoms with Crippen molar-refractivity contribution < 1.29 is 9.90 Å². The summed E-state index contributed by atoms with van der Waals surface area (Å²) in [6.07, 6.45) is 4.16. The van der Waals surface area contributed by atoms with Crippen LogP contribution in [0.25, 0.3) is 0 Å². The lowest BCUT2D eigenvalue weighted by Crippen LogP contribution is -2.43. The van der Waals surface area contributed by atoms with Crippen molar-refractivity contribution >= 4 is 5.91 Å². The monoisotopic (exact) mass is 276 g/mol. The van der Waals surface area contributed by atoms with E-state index in [1.54, 1.807) is 24.3 Å². The summed E-state index contributed by atoms with van der Waals surface area (Å²) in [6, 6.07) is 6.28. The lowest BCUT2D eigenvalue weighted by Gasteiger charge is -2.15. The van der Waals surface area contributed by atoms with E-state index in [1.807, 2.05) is 0 Å². The number of nitrogens with one attached hydrogen (secondary N) is 1. The van der Waals surface area contributed by atoms with Gasteiger partial charge in [-0.15, -0.1) is 0 Å².